The van der Waals surface area contributed by atoms with Crippen molar-refractivity contribution < 1.29 is 9.18 Å². The van der Waals surface area contributed by atoms with Crippen LogP contribution in [0.1, 0.15) is 60.0 Å². The molecule has 1 saturated heterocycles. The number of aryl methyl sites for hydroxylation is 1. The minimum absolute atomic E-state index is 0.0383. The van der Waals surface area contributed by atoms with Crippen LogP contribution in [0.5, 0.6) is 0 Å². The maximum absolute atomic E-state index is 14.5. The molecule has 0 unspecified atom stereocenters. The number of hydrogen-bond acceptors (Lipinski definition) is 2. The normalized spacial score (nSPS) is 15.2. The molecule has 2 aromatic carbocycles. The number of nitrogens with zero attached hydrogens (tertiary/aromatic N) is 1. The SMILES string of the molecule is CCCCc1ccc(C(=O)N2CCC(c3cc4[nH]c(=O)[nH]c4cc3F)CC2)cc1. The summed E-state index contributed by atoms with van der Waals surface area (Å²) in [4.78, 5) is 31.4. The van der Waals surface area contributed by atoms with Gasteiger partial charge in [0.05, 0.1) is 11.0 Å². The van der Waals surface area contributed by atoms with Crippen molar-refractivity contribution in [1.29, 1.82) is 0 Å². The fourth-order valence-electron chi connectivity index (χ4n) is 4.16. The topological polar surface area (TPSA) is 69.0 Å². The van der Waals surface area contributed by atoms with Crippen LogP contribution < -0.4 is 5.69 Å². The van der Waals surface area contributed by atoms with Crippen molar-refractivity contribution in [3.8, 4) is 0 Å². The number of carbonyl (C=O) groups is 1. The summed E-state index contributed by atoms with van der Waals surface area (Å²) in [5.41, 5.74) is 3.34. The molecule has 4 rings (SSSR count). The molecule has 3 aromatic rings. The third kappa shape index (κ3) is 4.11. The molecule has 0 atom stereocenters. The zero-order chi connectivity index (χ0) is 20.4. The highest BCUT2D eigenvalue weighted by Crippen LogP contribution is 2.32. The Hall–Kier alpha value is -2.89. The summed E-state index contributed by atoms with van der Waals surface area (Å²) in [6.07, 6.45) is 4.76. The van der Waals surface area contributed by atoms with Crippen LogP contribution in [0.4, 0.5) is 4.39 Å². The maximum Gasteiger partial charge on any atom is 0.323 e. The van der Waals surface area contributed by atoms with E-state index in [1.165, 1.54) is 11.6 Å². The number of aromatic amines is 2. The summed E-state index contributed by atoms with van der Waals surface area (Å²) in [7, 11) is 0. The summed E-state index contributed by atoms with van der Waals surface area (Å²) >= 11 is 0. The fraction of sp³-hybridized carbons (Fsp3) is 0.391. The maximum atomic E-state index is 14.5. The van der Waals surface area contributed by atoms with Gasteiger partial charge in [-0.2, -0.15) is 0 Å². The van der Waals surface area contributed by atoms with Gasteiger partial charge < -0.3 is 14.9 Å². The molecule has 1 fully saturated rings. The van der Waals surface area contributed by atoms with Crippen molar-refractivity contribution in [2.45, 2.75) is 44.9 Å². The van der Waals surface area contributed by atoms with Gasteiger partial charge in [0.15, 0.2) is 0 Å². The predicted molar refractivity (Wildman–Crippen MR) is 112 cm³/mol. The van der Waals surface area contributed by atoms with E-state index < -0.39 is 0 Å². The summed E-state index contributed by atoms with van der Waals surface area (Å²) < 4.78 is 14.5. The van der Waals surface area contributed by atoms with Crippen LogP contribution in [-0.2, 0) is 6.42 Å². The number of benzene rings is 2. The Bertz CT molecular complexity index is 1060. The highest BCUT2D eigenvalue weighted by atomic mass is 19.1. The largest absolute Gasteiger partial charge is 0.339 e. The van der Waals surface area contributed by atoms with E-state index in [0.29, 0.717) is 48.1 Å². The monoisotopic (exact) mass is 395 g/mol. The highest BCUT2D eigenvalue weighted by molar-refractivity contribution is 5.94. The Labute approximate surface area is 168 Å². The molecule has 1 aromatic heterocycles. The number of unbranched alkanes of at least 4 members (excludes halogenated alkanes) is 1. The number of carbonyl (C=O) groups excluding carboxylic acids is 1. The standard InChI is InChI=1S/C23H26FN3O2/c1-2-3-4-15-5-7-17(8-6-15)22(28)27-11-9-16(10-12-27)18-13-20-21(14-19(18)24)26-23(29)25-20/h5-8,13-14,16H,2-4,9-12H2,1H3,(H2,25,26,29). The Morgan fingerprint density at radius 1 is 1.10 bits per heavy atom. The summed E-state index contributed by atoms with van der Waals surface area (Å²) in [5, 5.41) is 0. The van der Waals surface area contributed by atoms with E-state index in [-0.39, 0.29) is 23.3 Å². The van der Waals surface area contributed by atoms with Crippen molar-refractivity contribution >= 4 is 16.9 Å². The predicted octanol–water partition coefficient (Wildman–Crippen LogP) is 4.36. The summed E-state index contributed by atoms with van der Waals surface area (Å²) in [6.45, 7) is 3.37. The molecule has 5 nitrogen and oxygen atoms in total. The zero-order valence-corrected chi connectivity index (χ0v) is 16.6. The third-order valence-electron chi connectivity index (χ3n) is 5.88. The number of fused-ring (bicyclic) bond motifs is 1. The molecule has 29 heavy (non-hydrogen) atoms. The number of halogens is 1. The van der Waals surface area contributed by atoms with Gasteiger partial charge >= 0.3 is 5.69 Å². The van der Waals surface area contributed by atoms with Gasteiger partial charge in [-0.1, -0.05) is 25.5 Å². The summed E-state index contributed by atoms with van der Waals surface area (Å²) in [6, 6.07) is 11.0. The van der Waals surface area contributed by atoms with Crippen LogP contribution in [0.3, 0.4) is 0 Å². The second kappa shape index (κ2) is 8.23. The van der Waals surface area contributed by atoms with Gasteiger partial charge in [-0.25, -0.2) is 9.18 Å². The molecule has 0 radical (unpaired) electrons. The van der Waals surface area contributed by atoms with Crippen LogP contribution in [0, 0.1) is 5.82 Å². The van der Waals surface area contributed by atoms with Crippen LogP contribution >= 0.6 is 0 Å². The molecule has 6 heteroatoms. The second-order valence-electron chi connectivity index (χ2n) is 7.87. The average Bonchev–Trinajstić information content (AvgIpc) is 3.10. The van der Waals surface area contributed by atoms with Crippen molar-refractivity contribution in [3.63, 3.8) is 0 Å². The van der Waals surface area contributed by atoms with E-state index in [1.807, 2.05) is 29.2 Å². The van der Waals surface area contributed by atoms with Gasteiger partial charge in [-0.05, 0) is 67.0 Å². The number of piperidine rings is 1. The van der Waals surface area contributed by atoms with Crippen LogP contribution in [0.15, 0.2) is 41.2 Å². The van der Waals surface area contributed by atoms with E-state index in [0.717, 1.165) is 19.3 Å². The minimum atomic E-state index is -0.335. The van der Waals surface area contributed by atoms with E-state index in [1.54, 1.807) is 6.07 Å². The first-order valence-electron chi connectivity index (χ1n) is 10.3. The molecule has 1 aliphatic rings. The number of aromatic nitrogens is 2. The van der Waals surface area contributed by atoms with E-state index in [9.17, 15) is 14.0 Å². The Balaban J connectivity index is 1.42. The molecule has 0 spiro atoms. The molecule has 152 valence electrons. The van der Waals surface area contributed by atoms with Crippen LogP contribution in [0.2, 0.25) is 0 Å². The lowest BCUT2D eigenvalue weighted by Gasteiger charge is -2.32. The zero-order valence-electron chi connectivity index (χ0n) is 16.6. The van der Waals surface area contributed by atoms with Crippen molar-refractivity contribution in [2.24, 2.45) is 0 Å². The van der Waals surface area contributed by atoms with Gasteiger partial charge in [-0.15, -0.1) is 0 Å². The first kappa shape index (κ1) is 19.4. The van der Waals surface area contributed by atoms with Crippen LogP contribution in [0.25, 0.3) is 11.0 Å². The first-order chi connectivity index (χ1) is 14.0. The molecule has 1 aliphatic heterocycles. The minimum Gasteiger partial charge on any atom is -0.339 e. The molecule has 2 heterocycles. The highest BCUT2D eigenvalue weighted by Gasteiger charge is 2.26. The molecule has 0 aliphatic carbocycles. The third-order valence-corrected chi connectivity index (χ3v) is 5.88. The number of imidazole rings is 1. The van der Waals surface area contributed by atoms with Crippen molar-refractivity contribution in [2.75, 3.05) is 13.1 Å². The van der Waals surface area contributed by atoms with Gasteiger partial charge in [0.2, 0.25) is 0 Å². The van der Waals surface area contributed by atoms with E-state index in [2.05, 4.69) is 16.9 Å². The van der Waals surface area contributed by atoms with Crippen LogP contribution in [-0.4, -0.2) is 33.9 Å². The second-order valence-corrected chi connectivity index (χ2v) is 7.87. The summed E-state index contributed by atoms with van der Waals surface area (Å²) in [5.74, 6) is -0.227. The number of hydrogen-bond donors (Lipinski definition) is 2. The quantitative estimate of drug-likeness (QED) is 0.674. The van der Waals surface area contributed by atoms with Crippen molar-refractivity contribution in [1.82, 2.24) is 14.9 Å². The molecule has 0 bridgehead atoms. The Morgan fingerprint density at radius 2 is 1.76 bits per heavy atom. The number of likely N-dealkylation sites (tertiary alicyclic amines) is 1. The number of nitrogens with one attached hydrogen (secondary N) is 2. The van der Waals surface area contributed by atoms with Crippen molar-refractivity contribution in [3.05, 3.63) is 69.4 Å². The number of amides is 1. The Kier molecular flexibility index (Phi) is 5.51. The molecular formula is C23H26FN3O2. The lowest BCUT2D eigenvalue weighted by molar-refractivity contribution is 0.0712. The smallest absolute Gasteiger partial charge is 0.323 e. The van der Waals surface area contributed by atoms with Gasteiger partial charge in [0.1, 0.15) is 5.82 Å². The van der Waals surface area contributed by atoms with E-state index in [4.69, 9.17) is 0 Å². The number of rotatable bonds is 5. The average molecular weight is 395 g/mol. The lowest BCUT2D eigenvalue weighted by Crippen LogP contribution is -2.38. The molecule has 2 N–H and O–H groups in total. The van der Waals surface area contributed by atoms with Gasteiger partial charge in [0.25, 0.3) is 5.91 Å². The first-order valence-corrected chi connectivity index (χ1v) is 10.3. The Morgan fingerprint density at radius 3 is 2.41 bits per heavy atom. The lowest BCUT2D eigenvalue weighted by atomic mass is 9.88. The van der Waals surface area contributed by atoms with Gasteiger partial charge in [0, 0.05) is 18.7 Å². The number of H-pyrrole nitrogens is 2. The molecule has 1 amide bonds. The molecular weight excluding hydrogens is 369 g/mol. The van der Waals surface area contributed by atoms with Gasteiger partial charge in [-0.3, -0.25) is 4.79 Å². The molecule has 0 saturated carbocycles. The van der Waals surface area contributed by atoms with E-state index >= 15 is 0 Å². The fourth-order valence-corrected chi connectivity index (χ4v) is 4.16.